The molecule has 0 amide bonds. The topological polar surface area (TPSA) is 108 Å². The van der Waals surface area contributed by atoms with E-state index in [1.165, 1.54) is 12.4 Å². The summed E-state index contributed by atoms with van der Waals surface area (Å²) in [6, 6.07) is 1.53. The second-order valence-electron chi connectivity index (χ2n) is 3.55. The van der Waals surface area contributed by atoms with Crippen molar-refractivity contribution in [2.75, 3.05) is 31.7 Å². The molecule has 4 N–H and O–H groups in total. The van der Waals surface area contributed by atoms with Crippen LogP contribution in [0.1, 0.15) is 6.92 Å². The lowest BCUT2D eigenvalue weighted by Crippen LogP contribution is -2.49. The monoisotopic (exact) mass is 243 g/mol. The first-order valence-corrected chi connectivity index (χ1v) is 5.25. The van der Waals surface area contributed by atoms with Gasteiger partial charge in [0.2, 0.25) is 5.88 Å². The minimum absolute atomic E-state index is 0.362. The number of aliphatic hydroxyl groups excluding tert-OH is 3. The fourth-order valence-corrected chi connectivity index (χ4v) is 1.17. The molecule has 0 unspecified atom stereocenters. The molecule has 0 saturated heterocycles. The van der Waals surface area contributed by atoms with Gasteiger partial charge in [-0.25, -0.2) is 9.97 Å². The smallest absolute Gasteiger partial charge is 0.218 e. The highest BCUT2D eigenvalue weighted by Gasteiger charge is 2.28. The summed E-state index contributed by atoms with van der Waals surface area (Å²) < 4.78 is 5.18. The van der Waals surface area contributed by atoms with E-state index >= 15 is 0 Å². The first-order valence-electron chi connectivity index (χ1n) is 5.25. The number of hydrogen-bond donors (Lipinski definition) is 4. The van der Waals surface area contributed by atoms with Crippen LogP contribution in [0.5, 0.6) is 5.88 Å². The average molecular weight is 243 g/mol. The molecule has 1 aromatic heterocycles. The molecule has 96 valence electrons. The van der Waals surface area contributed by atoms with Gasteiger partial charge in [0.05, 0.1) is 26.4 Å². The maximum Gasteiger partial charge on any atom is 0.218 e. The Labute approximate surface area is 99.1 Å². The summed E-state index contributed by atoms with van der Waals surface area (Å²) in [7, 11) is 0. The number of anilines is 1. The minimum Gasteiger partial charge on any atom is -0.478 e. The van der Waals surface area contributed by atoms with E-state index < -0.39 is 25.4 Å². The quantitative estimate of drug-likeness (QED) is 0.486. The highest BCUT2D eigenvalue weighted by atomic mass is 16.5. The molecule has 0 aliphatic heterocycles. The predicted octanol–water partition coefficient (Wildman–Crippen LogP) is -0.997. The van der Waals surface area contributed by atoms with Gasteiger partial charge in [-0.1, -0.05) is 0 Å². The maximum atomic E-state index is 9.15. The van der Waals surface area contributed by atoms with Gasteiger partial charge in [0.15, 0.2) is 0 Å². The zero-order chi connectivity index (χ0) is 12.7. The number of nitrogens with one attached hydrogen (secondary N) is 1. The first-order chi connectivity index (χ1) is 8.19. The van der Waals surface area contributed by atoms with E-state index in [2.05, 4.69) is 15.3 Å². The third-order valence-electron chi connectivity index (χ3n) is 2.24. The third-order valence-corrected chi connectivity index (χ3v) is 2.24. The molecule has 1 heterocycles. The fraction of sp³-hybridized carbons (Fsp3) is 0.600. The number of nitrogens with zero attached hydrogens (tertiary/aromatic N) is 2. The molecule has 0 bridgehead atoms. The highest BCUT2D eigenvalue weighted by molar-refractivity contribution is 5.40. The Morgan fingerprint density at radius 3 is 2.41 bits per heavy atom. The number of aliphatic hydroxyl groups is 3. The van der Waals surface area contributed by atoms with E-state index in [1.54, 1.807) is 0 Å². The second-order valence-corrected chi connectivity index (χ2v) is 3.55. The van der Waals surface area contributed by atoms with Crippen LogP contribution in [0.2, 0.25) is 0 Å². The molecule has 0 aliphatic rings. The molecule has 1 aromatic rings. The van der Waals surface area contributed by atoms with E-state index in [0.29, 0.717) is 18.3 Å². The zero-order valence-corrected chi connectivity index (χ0v) is 9.63. The Hall–Kier alpha value is -1.44. The summed E-state index contributed by atoms with van der Waals surface area (Å²) in [6.45, 7) is 1.03. The second kappa shape index (κ2) is 6.33. The molecule has 0 aromatic carbocycles. The van der Waals surface area contributed by atoms with Crippen molar-refractivity contribution in [3.63, 3.8) is 0 Å². The molecule has 0 atom stereocenters. The molecular weight excluding hydrogens is 226 g/mol. The Bertz CT molecular complexity index is 336. The van der Waals surface area contributed by atoms with Gasteiger partial charge >= 0.3 is 0 Å². The van der Waals surface area contributed by atoms with E-state index in [1.807, 2.05) is 6.92 Å². The summed E-state index contributed by atoms with van der Waals surface area (Å²) in [6.07, 6.45) is 1.30. The third kappa shape index (κ3) is 3.52. The number of aromatic nitrogens is 2. The molecule has 7 heteroatoms. The van der Waals surface area contributed by atoms with E-state index in [-0.39, 0.29) is 0 Å². The summed E-state index contributed by atoms with van der Waals surface area (Å²) in [5, 5.41) is 30.2. The van der Waals surface area contributed by atoms with Gasteiger partial charge in [-0.2, -0.15) is 0 Å². The van der Waals surface area contributed by atoms with Gasteiger partial charge in [-0.15, -0.1) is 0 Å². The van der Waals surface area contributed by atoms with Crippen molar-refractivity contribution in [1.82, 2.24) is 9.97 Å². The minimum atomic E-state index is -1.21. The first kappa shape index (κ1) is 13.6. The molecule has 1 rings (SSSR count). The zero-order valence-electron chi connectivity index (χ0n) is 9.63. The van der Waals surface area contributed by atoms with Gasteiger partial charge in [-0.05, 0) is 6.92 Å². The van der Waals surface area contributed by atoms with Crippen molar-refractivity contribution < 1.29 is 20.1 Å². The number of rotatable bonds is 7. The van der Waals surface area contributed by atoms with Crippen LogP contribution in [0.25, 0.3) is 0 Å². The normalized spacial score (nSPS) is 11.3. The van der Waals surface area contributed by atoms with Gasteiger partial charge in [0.25, 0.3) is 0 Å². The molecule has 0 aliphatic carbocycles. The SMILES string of the molecule is CCOc1cc(NC(CO)(CO)CO)ncn1. The van der Waals surface area contributed by atoms with Gasteiger partial charge in [0, 0.05) is 6.07 Å². The van der Waals surface area contributed by atoms with E-state index in [4.69, 9.17) is 20.1 Å². The number of hydrogen-bond acceptors (Lipinski definition) is 7. The molecule has 0 fully saturated rings. The van der Waals surface area contributed by atoms with Crippen molar-refractivity contribution in [2.45, 2.75) is 12.5 Å². The lowest BCUT2D eigenvalue weighted by molar-refractivity contribution is 0.0830. The molecule has 0 saturated carbocycles. The van der Waals surface area contributed by atoms with Crippen LogP contribution in [0.15, 0.2) is 12.4 Å². The Balaban J connectivity index is 2.82. The Morgan fingerprint density at radius 1 is 1.24 bits per heavy atom. The average Bonchev–Trinajstić information content (AvgIpc) is 2.37. The molecule has 0 spiro atoms. The van der Waals surface area contributed by atoms with Crippen LogP contribution in [0, 0.1) is 0 Å². The Kier molecular flexibility index (Phi) is 5.08. The maximum absolute atomic E-state index is 9.15. The van der Waals surface area contributed by atoms with Gasteiger partial charge < -0.3 is 25.4 Å². The van der Waals surface area contributed by atoms with Crippen molar-refractivity contribution in [2.24, 2.45) is 0 Å². The van der Waals surface area contributed by atoms with Crippen molar-refractivity contribution >= 4 is 5.82 Å². The lowest BCUT2D eigenvalue weighted by atomic mass is 10.0. The van der Waals surface area contributed by atoms with Crippen LogP contribution in [-0.2, 0) is 0 Å². The fourth-order valence-electron chi connectivity index (χ4n) is 1.17. The van der Waals surface area contributed by atoms with Gasteiger partial charge in [-0.3, -0.25) is 0 Å². The van der Waals surface area contributed by atoms with Crippen LogP contribution in [-0.4, -0.2) is 57.3 Å². The van der Waals surface area contributed by atoms with Crippen LogP contribution in [0.4, 0.5) is 5.82 Å². The standard InChI is InChI=1S/C10H17N3O4/c1-2-17-9-3-8(11-7-12-9)13-10(4-14,5-15)6-16/h3,7,14-16H,2,4-6H2,1H3,(H,11,12,13). The van der Waals surface area contributed by atoms with E-state index in [9.17, 15) is 0 Å². The summed E-state index contributed by atoms with van der Waals surface area (Å²) >= 11 is 0. The molecule has 7 nitrogen and oxygen atoms in total. The van der Waals surface area contributed by atoms with Crippen molar-refractivity contribution in [1.29, 1.82) is 0 Å². The molecule has 0 radical (unpaired) electrons. The summed E-state index contributed by atoms with van der Waals surface area (Å²) in [5.74, 6) is 0.744. The van der Waals surface area contributed by atoms with Crippen molar-refractivity contribution in [3.05, 3.63) is 12.4 Å². The van der Waals surface area contributed by atoms with Crippen molar-refractivity contribution in [3.8, 4) is 5.88 Å². The predicted molar refractivity (Wildman–Crippen MR) is 60.8 cm³/mol. The number of ether oxygens (including phenoxy) is 1. The van der Waals surface area contributed by atoms with Gasteiger partial charge in [0.1, 0.15) is 17.7 Å². The lowest BCUT2D eigenvalue weighted by Gasteiger charge is -2.29. The van der Waals surface area contributed by atoms with Crippen LogP contribution in [0.3, 0.4) is 0 Å². The largest absolute Gasteiger partial charge is 0.478 e. The molecule has 17 heavy (non-hydrogen) atoms. The van der Waals surface area contributed by atoms with E-state index in [0.717, 1.165) is 0 Å². The Morgan fingerprint density at radius 2 is 1.88 bits per heavy atom. The summed E-state index contributed by atoms with van der Waals surface area (Å²) in [5.41, 5.74) is -1.21. The molecular formula is C10H17N3O4. The van der Waals surface area contributed by atoms with Crippen LogP contribution < -0.4 is 10.1 Å². The summed E-state index contributed by atoms with van der Waals surface area (Å²) in [4.78, 5) is 7.79. The highest BCUT2D eigenvalue weighted by Crippen LogP contribution is 2.16. The van der Waals surface area contributed by atoms with Crippen LogP contribution >= 0.6 is 0 Å².